The van der Waals surface area contributed by atoms with Crippen molar-refractivity contribution in [3.05, 3.63) is 154 Å². The Balaban J connectivity index is 1.48. The number of amides is 1. The molecule has 0 radical (unpaired) electrons. The summed E-state index contributed by atoms with van der Waals surface area (Å²) in [5.74, 6) is 0.260. The third kappa shape index (κ3) is 11.7. The van der Waals surface area contributed by atoms with Crippen LogP contribution >= 0.6 is 11.6 Å². The average molecular weight is 737 g/mol. The first-order valence-corrected chi connectivity index (χ1v) is 18.4. The van der Waals surface area contributed by atoms with Crippen LogP contribution in [0.1, 0.15) is 54.9 Å². The van der Waals surface area contributed by atoms with E-state index in [0.29, 0.717) is 42.3 Å². The lowest BCUT2D eigenvalue weighted by molar-refractivity contribution is -0.137. The number of halogens is 4. The van der Waals surface area contributed by atoms with Crippen molar-refractivity contribution in [2.45, 2.75) is 56.6 Å². The number of likely N-dealkylation sites (N-methyl/N-ethyl adjacent to an activating group) is 1. The minimum absolute atomic E-state index is 0.0342. The van der Waals surface area contributed by atoms with E-state index < -0.39 is 22.7 Å². The molecule has 4 aromatic rings. The molecule has 10 heteroatoms. The molecule has 2 unspecified atom stereocenters. The van der Waals surface area contributed by atoms with Gasteiger partial charge in [0.25, 0.3) is 0 Å². The van der Waals surface area contributed by atoms with Crippen LogP contribution in [0.2, 0.25) is 5.02 Å². The van der Waals surface area contributed by atoms with Gasteiger partial charge in [-0.3, -0.25) is 14.0 Å². The lowest BCUT2D eigenvalue weighted by Crippen LogP contribution is -2.31. The van der Waals surface area contributed by atoms with E-state index >= 15 is 0 Å². The first-order valence-electron chi connectivity index (χ1n) is 16.9. The number of allylic oxidation sites excluding steroid dienone is 3. The molecule has 2 atom stereocenters. The van der Waals surface area contributed by atoms with Crippen LogP contribution in [0.5, 0.6) is 5.75 Å². The van der Waals surface area contributed by atoms with E-state index in [4.69, 9.17) is 16.3 Å². The molecule has 0 fully saturated rings. The Morgan fingerprint density at radius 3 is 2.31 bits per heavy atom. The summed E-state index contributed by atoms with van der Waals surface area (Å²) in [6.45, 7) is 5.69. The van der Waals surface area contributed by atoms with Crippen molar-refractivity contribution in [3.8, 4) is 5.75 Å². The lowest BCUT2D eigenvalue weighted by Gasteiger charge is -2.29. The predicted octanol–water partition coefficient (Wildman–Crippen LogP) is 10.0. The highest BCUT2D eigenvalue weighted by molar-refractivity contribution is 7.83. The highest BCUT2D eigenvalue weighted by atomic mass is 35.5. The highest BCUT2D eigenvalue weighted by Crippen LogP contribution is 2.37. The molecular formula is C41H44ClF3N2O3S. The van der Waals surface area contributed by atoms with E-state index in [9.17, 15) is 22.2 Å². The highest BCUT2D eigenvalue weighted by Gasteiger charge is 2.34. The van der Waals surface area contributed by atoms with E-state index in [1.54, 1.807) is 42.5 Å². The second-order valence-electron chi connectivity index (χ2n) is 12.1. The molecule has 0 aliphatic heterocycles. The van der Waals surface area contributed by atoms with E-state index in [-0.39, 0.29) is 29.8 Å². The van der Waals surface area contributed by atoms with Gasteiger partial charge in [0.1, 0.15) is 5.75 Å². The first-order chi connectivity index (χ1) is 24.5. The fourth-order valence-corrected chi connectivity index (χ4v) is 6.96. The van der Waals surface area contributed by atoms with Crippen LogP contribution in [0.4, 0.5) is 13.2 Å². The van der Waals surface area contributed by atoms with Crippen LogP contribution in [0.15, 0.2) is 132 Å². The number of carbonyl (C=O) groups is 1. The third-order valence-corrected chi connectivity index (χ3v) is 10.2. The van der Waals surface area contributed by atoms with Crippen LogP contribution < -0.4 is 4.74 Å². The van der Waals surface area contributed by atoms with Crippen molar-refractivity contribution in [2.24, 2.45) is 0 Å². The smallest absolute Gasteiger partial charge is 0.417 e. The van der Waals surface area contributed by atoms with Gasteiger partial charge >= 0.3 is 6.18 Å². The summed E-state index contributed by atoms with van der Waals surface area (Å²) in [6.07, 6.45) is 3.25. The van der Waals surface area contributed by atoms with Crippen LogP contribution in [-0.4, -0.2) is 46.1 Å². The van der Waals surface area contributed by atoms with Crippen LogP contribution in [0, 0.1) is 0 Å². The minimum Gasteiger partial charge on any atom is -0.494 e. The molecule has 0 aromatic heterocycles. The maximum atomic E-state index is 13.8. The average Bonchev–Trinajstić information content (AvgIpc) is 3.13. The molecule has 0 spiro atoms. The molecule has 4 rings (SSSR count). The SMILES string of the molecule is C/C=C(\C=C/CC)C(CN(CCCOc1cccc(CC(=O)N(C)S(=O)c2ccccc2)c1)Cc1cccc(C(F)(F)F)c1Cl)c1ccccc1. The van der Waals surface area contributed by atoms with Gasteiger partial charge < -0.3 is 4.74 Å². The zero-order valence-corrected chi connectivity index (χ0v) is 30.7. The van der Waals surface area contributed by atoms with Gasteiger partial charge in [0, 0.05) is 32.6 Å². The molecule has 0 heterocycles. The Kier molecular flexibility index (Phi) is 15.1. The molecule has 51 heavy (non-hydrogen) atoms. The summed E-state index contributed by atoms with van der Waals surface area (Å²) in [5.41, 5.74) is 2.50. The molecule has 0 saturated carbocycles. The molecule has 0 saturated heterocycles. The number of nitrogens with zero attached hydrogens (tertiary/aromatic N) is 2. The number of benzene rings is 4. The zero-order valence-electron chi connectivity index (χ0n) is 29.1. The van der Waals surface area contributed by atoms with E-state index in [1.165, 1.54) is 17.4 Å². The van der Waals surface area contributed by atoms with E-state index in [2.05, 4.69) is 42.2 Å². The molecular weight excluding hydrogens is 693 g/mol. The fourth-order valence-electron chi connectivity index (χ4n) is 5.71. The summed E-state index contributed by atoms with van der Waals surface area (Å²) in [6, 6.07) is 30.2. The predicted molar refractivity (Wildman–Crippen MR) is 200 cm³/mol. The van der Waals surface area contributed by atoms with Crippen LogP contribution in [-0.2, 0) is 34.9 Å². The molecule has 0 N–H and O–H groups in total. The zero-order chi connectivity index (χ0) is 36.8. The van der Waals surface area contributed by atoms with Gasteiger partial charge in [0.05, 0.1) is 28.5 Å². The van der Waals surface area contributed by atoms with Gasteiger partial charge in [-0.1, -0.05) is 110 Å². The molecule has 1 amide bonds. The molecule has 0 bridgehead atoms. The van der Waals surface area contributed by atoms with Crippen molar-refractivity contribution in [3.63, 3.8) is 0 Å². The van der Waals surface area contributed by atoms with Crippen molar-refractivity contribution < 1.29 is 26.9 Å². The van der Waals surface area contributed by atoms with E-state index in [0.717, 1.165) is 29.2 Å². The third-order valence-electron chi connectivity index (χ3n) is 8.39. The van der Waals surface area contributed by atoms with Crippen LogP contribution in [0.3, 0.4) is 0 Å². The number of hydrogen-bond acceptors (Lipinski definition) is 4. The topological polar surface area (TPSA) is 49.9 Å². The Morgan fingerprint density at radius 2 is 1.65 bits per heavy atom. The molecule has 0 aliphatic rings. The minimum atomic E-state index is -4.56. The quantitative estimate of drug-likeness (QED) is 0.0800. The largest absolute Gasteiger partial charge is 0.494 e. The van der Waals surface area contributed by atoms with Crippen LogP contribution in [0.25, 0.3) is 0 Å². The first kappa shape index (κ1) is 39.6. The Bertz CT molecular complexity index is 1800. The summed E-state index contributed by atoms with van der Waals surface area (Å²) in [7, 11) is -0.0966. The molecule has 4 aromatic carbocycles. The van der Waals surface area contributed by atoms with Crippen molar-refractivity contribution in [2.75, 3.05) is 26.7 Å². The summed E-state index contributed by atoms with van der Waals surface area (Å²) < 4.78 is 61.4. The normalized spacial score (nSPS) is 13.4. The Morgan fingerprint density at radius 1 is 0.961 bits per heavy atom. The number of hydrogen-bond donors (Lipinski definition) is 0. The maximum absolute atomic E-state index is 13.8. The molecule has 5 nitrogen and oxygen atoms in total. The van der Waals surface area contributed by atoms with E-state index in [1.807, 2.05) is 43.3 Å². The number of alkyl halides is 3. The summed E-state index contributed by atoms with van der Waals surface area (Å²) in [5, 5.41) is -0.288. The monoisotopic (exact) mass is 736 g/mol. The van der Waals surface area contributed by atoms with Gasteiger partial charge in [0.15, 0.2) is 11.0 Å². The molecule has 270 valence electrons. The second kappa shape index (κ2) is 19.4. The van der Waals surface area contributed by atoms with Gasteiger partial charge in [0.2, 0.25) is 5.91 Å². The number of carbonyl (C=O) groups excluding carboxylic acids is 1. The Labute approximate surface area is 307 Å². The maximum Gasteiger partial charge on any atom is 0.417 e. The molecule has 0 aliphatic carbocycles. The van der Waals surface area contributed by atoms with Crippen molar-refractivity contribution in [1.82, 2.24) is 9.21 Å². The second-order valence-corrected chi connectivity index (χ2v) is 13.9. The van der Waals surface area contributed by atoms with Gasteiger partial charge in [-0.2, -0.15) is 13.2 Å². The standard InChI is InChI=1S/C41H44ClF3N2O3S/c1-4-6-17-32(5-2)37(33-18-9-7-10-19-33)30-47(29-34-20-14-24-38(40(34)42)41(43,44)45)25-15-26-50-35-21-13-16-31(27-35)28-39(48)46(3)51(49)36-22-11-8-12-23-36/h5-14,16-24,27,37H,4,15,25-26,28-30H2,1-3H3/b17-6-,32-5+. The van der Waals surface area contributed by atoms with Crippen molar-refractivity contribution >= 4 is 28.5 Å². The number of ether oxygens (including phenoxy) is 1. The van der Waals surface area contributed by atoms with Gasteiger partial charge in [-0.25, -0.2) is 4.21 Å². The Hall–Kier alpha value is -4.18. The lowest BCUT2D eigenvalue weighted by atomic mass is 9.89. The number of rotatable bonds is 17. The summed E-state index contributed by atoms with van der Waals surface area (Å²) in [4.78, 5) is 15.6. The summed E-state index contributed by atoms with van der Waals surface area (Å²) >= 11 is 6.37. The van der Waals surface area contributed by atoms with Gasteiger partial charge in [-0.05, 0) is 72.4 Å². The van der Waals surface area contributed by atoms with Crippen molar-refractivity contribution in [1.29, 1.82) is 0 Å². The van der Waals surface area contributed by atoms with Gasteiger partial charge in [-0.15, -0.1) is 0 Å². The fraction of sp³-hybridized carbons (Fsp3) is 0.293.